The minimum absolute atomic E-state index is 0.0869. The molecule has 8 nitrogen and oxygen atoms in total. The molecule has 2 rings (SSSR count). The van der Waals surface area contributed by atoms with Gasteiger partial charge in [-0.05, 0) is 48.2 Å². The van der Waals surface area contributed by atoms with E-state index in [0.717, 1.165) is 11.1 Å². The maximum atomic E-state index is 11.7. The topological polar surface area (TPSA) is 131 Å². The Labute approximate surface area is 172 Å². The van der Waals surface area contributed by atoms with Crippen LogP contribution in [0.2, 0.25) is 0 Å². The second-order valence-corrected chi connectivity index (χ2v) is 10.2. The number of aliphatic imine (C=N–C) groups is 1. The van der Waals surface area contributed by atoms with Crippen LogP contribution in [0.3, 0.4) is 0 Å². The number of aryl methyl sites for hydroxylation is 1. The molecule has 0 saturated carbocycles. The highest BCUT2D eigenvalue weighted by Crippen LogP contribution is 2.16. The van der Waals surface area contributed by atoms with Gasteiger partial charge in [0, 0.05) is 26.4 Å². The molecule has 2 aromatic rings. The zero-order valence-corrected chi connectivity index (χ0v) is 18.3. The first-order valence-electron chi connectivity index (χ1n) is 8.86. The average molecular weight is 439 g/mol. The molecule has 0 aliphatic heterocycles. The van der Waals surface area contributed by atoms with E-state index in [1.54, 1.807) is 38.2 Å². The Hall–Kier alpha value is -2.43. The van der Waals surface area contributed by atoms with Crippen molar-refractivity contribution in [1.82, 2.24) is 10.6 Å². The van der Waals surface area contributed by atoms with Gasteiger partial charge in [0.1, 0.15) is 0 Å². The molecule has 2 aromatic carbocycles. The first-order chi connectivity index (χ1) is 13.5. The van der Waals surface area contributed by atoms with E-state index in [4.69, 9.17) is 5.14 Å². The Kier molecular flexibility index (Phi) is 7.39. The number of guanidine groups is 1. The van der Waals surface area contributed by atoms with E-state index in [-0.39, 0.29) is 4.90 Å². The average Bonchev–Trinajstić information content (AvgIpc) is 2.63. The van der Waals surface area contributed by atoms with Gasteiger partial charge in [0.25, 0.3) is 0 Å². The van der Waals surface area contributed by atoms with Gasteiger partial charge in [-0.15, -0.1) is 0 Å². The van der Waals surface area contributed by atoms with Crippen molar-refractivity contribution in [3.05, 3.63) is 59.2 Å². The highest BCUT2D eigenvalue weighted by atomic mass is 32.2. The van der Waals surface area contributed by atoms with Crippen molar-refractivity contribution >= 4 is 25.8 Å². The normalized spacial score (nSPS) is 12.6. The summed E-state index contributed by atoms with van der Waals surface area (Å²) >= 11 is 0. The predicted molar refractivity (Wildman–Crippen MR) is 114 cm³/mol. The molecule has 0 atom stereocenters. The second kappa shape index (κ2) is 9.38. The Morgan fingerprint density at radius 3 is 2.14 bits per heavy atom. The summed E-state index contributed by atoms with van der Waals surface area (Å²) in [6.45, 7) is 2.86. The number of sulfonamides is 1. The summed E-state index contributed by atoms with van der Waals surface area (Å²) < 4.78 is 45.9. The van der Waals surface area contributed by atoms with Gasteiger partial charge in [0.05, 0.1) is 9.79 Å². The molecule has 0 aliphatic rings. The molecule has 0 amide bonds. The maximum absolute atomic E-state index is 11.7. The molecule has 158 valence electrons. The zero-order valence-electron chi connectivity index (χ0n) is 16.6. The lowest BCUT2D eigenvalue weighted by atomic mass is 10.1. The van der Waals surface area contributed by atoms with Crippen LogP contribution in [0.25, 0.3) is 0 Å². The number of sulfone groups is 1. The predicted octanol–water partition coefficient (Wildman–Crippen LogP) is 0.954. The standard InChI is InChI=1S/C19H26N4O4S2/c1-14-12-16(6-9-18(14)28(3,24)25)13-23-19(21-2)22-11-10-15-4-7-17(8-5-15)29(20,26)27/h4-9,12H,10-11,13H2,1-3H3,(H2,20,26,27)(H2,21,22,23). The molecular formula is C19H26N4O4S2. The molecule has 0 radical (unpaired) electrons. The van der Waals surface area contributed by atoms with Gasteiger partial charge in [-0.1, -0.05) is 24.3 Å². The lowest BCUT2D eigenvalue weighted by Crippen LogP contribution is -2.37. The Bertz CT molecular complexity index is 1090. The van der Waals surface area contributed by atoms with Gasteiger partial charge >= 0.3 is 0 Å². The van der Waals surface area contributed by atoms with Gasteiger partial charge in [-0.25, -0.2) is 22.0 Å². The highest BCUT2D eigenvalue weighted by Gasteiger charge is 2.11. The summed E-state index contributed by atoms with van der Waals surface area (Å²) in [5.41, 5.74) is 2.61. The molecule has 29 heavy (non-hydrogen) atoms. The fourth-order valence-electron chi connectivity index (χ4n) is 2.81. The van der Waals surface area contributed by atoms with Crippen molar-refractivity contribution in [2.24, 2.45) is 10.1 Å². The van der Waals surface area contributed by atoms with Gasteiger partial charge in [-0.3, -0.25) is 4.99 Å². The van der Waals surface area contributed by atoms with E-state index in [1.807, 2.05) is 6.07 Å². The summed E-state index contributed by atoms with van der Waals surface area (Å²) in [7, 11) is -5.25. The number of primary sulfonamides is 1. The van der Waals surface area contributed by atoms with E-state index in [2.05, 4.69) is 15.6 Å². The van der Waals surface area contributed by atoms with Crippen molar-refractivity contribution in [2.45, 2.75) is 29.7 Å². The number of hydrogen-bond donors (Lipinski definition) is 3. The molecule has 4 N–H and O–H groups in total. The maximum Gasteiger partial charge on any atom is 0.238 e. The SMILES string of the molecule is CN=C(NCCc1ccc(S(N)(=O)=O)cc1)NCc1ccc(S(C)(=O)=O)c(C)c1. The fourth-order valence-corrected chi connectivity index (χ4v) is 4.29. The summed E-state index contributed by atoms with van der Waals surface area (Å²) in [5.74, 6) is 0.607. The van der Waals surface area contributed by atoms with Crippen molar-refractivity contribution in [1.29, 1.82) is 0 Å². The number of benzene rings is 2. The molecule has 0 aromatic heterocycles. The molecule has 10 heteroatoms. The number of nitrogens with zero attached hydrogens (tertiary/aromatic N) is 1. The molecular weight excluding hydrogens is 412 g/mol. The zero-order chi connectivity index (χ0) is 21.7. The lowest BCUT2D eigenvalue weighted by Gasteiger charge is -2.13. The van der Waals surface area contributed by atoms with Crippen LogP contribution in [-0.4, -0.2) is 42.6 Å². The summed E-state index contributed by atoms with van der Waals surface area (Å²) in [5, 5.41) is 11.5. The number of nitrogens with two attached hydrogens (primary N) is 1. The molecule has 0 bridgehead atoms. The monoisotopic (exact) mass is 438 g/mol. The van der Waals surface area contributed by atoms with Crippen LogP contribution in [-0.2, 0) is 32.8 Å². The Morgan fingerprint density at radius 1 is 1.00 bits per heavy atom. The minimum Gasteiger partial charge on any atom is -0.356 e. The summed E-state index contributed by atoms with van der Waals surface area (Å²) in [6.07, 6.45) is 1.87. The van der Waals surface area contributed by atoms with Crippen LogP contribution in [0.4, 0.5) is 0 Å². The molecule has 0 heterocycles. The minimum atomic E-state index is -3.68. The molecule has 0 saturated heterocycles. The molecule has 0 fully saturated rings. The van der Waals surface area contributed by atoms with Crippen molar-refractivity contribution in [2.75, 3.05) is 19.8 Å². The second-order valence-electron chi connectivity index (χ2n) is 6.66. The summed E-state index contributed by atoms with van der Waals surface area (Å²) in [4.78, 5) is 4.58. The van der Waals surface area contributed by atoms with E-state index in [9.17, 15) is 16.8 Å². The van der Waals surface area contributed by atoms with Gasteiger partial charge in [0.2, 0.25) is 10.0 Å². The van der Waals surface area contributed by atoms with Crippen molar-refractivity contribution < 1.29 is 16.8 Å². The molecule has 0 spiro atoms. The number of hydrogen-bond acceptors (Lipinski definition) is 5. The smallest absolute Gasteiger partial charge is 0.238 e. The van der Waals surface area contributed by atoms with E-state index >= 15 is 0 Å². The van der Waals surface area contributed by atoms with Crippen LogP contribution in [0.5, 0.6) is 0 Å². The van der Waals surface area contributed by atoms with Crippen LogP contribution in [0, 0.1) is 6.92 Å². The fraction of sp³-hybridized carbons (Fsp3) is 0.316. The lowest BCUT2D eigenvalue weighted by molar-refractivity contribution is 0.597. The van der Waals surface area contributed by atoms with E-state index in [1.165, 1.54) is 18.4 Å². The van der Waals surface area contributed by atoms with Crippen LogP contribution in [0.1, 0.15) is 16.7 Å². The van der Waals surface area contributed by atoms with Crippen molar-refractivity contribution in [3.63, 3.8) is 0 Å². The third-order valence-corrected chi connectivity index (χ3v) is 6.47. The van der Waals surface area contributed by atoms with Crippen LogP contribution in [0.15, 0.2) is 57.2 Å². The van der Waals surface area contributed by atoms with Gasteiger partial charge < -0.3 is 10.6 Å². The van der Waals surface area contributed by atoms with E-state index in [0.29, 0.717) is 35.9 Å². The quantitative estimate of drug-likeness (QED) is 0.436. The number of nitrogens with one attached hydrogen (secondary N) is 2. The molecule has 0 aliphatic carbocycles. The largest absolute Gasteiger partial charge is 0.356 e. The number of rotatable bonds is 7. The highest BCUT2D eigenvalue weighted by molar-refractivity contribution is 7.90. The Morgan fingerprint density at radius 2 is 1.62 bits per heavy atom. The van der Waals surface area contributed by atoms with E-state index < -0.39 is 19.9 Å². The third-order valence-electron chi connectivity index (χ3n) is 4.28. The Balaban J connectivity index is 1.88. The first kappa shape index (κ1) is 22.9. The first-order valence-corrected chi connectivity index (χ1v) is 12.3. The van der Waals surface area contributed by atoms with Gasteiger partial charge in [-0.2, -0.15) is 0 Å². The van der Waals surface area contributed by atoms with Crippen LogP contribution >= 0.6 is 0 Å². The van der Waals surface area contributed by atoms with Crippen LogP contribution < -0.4 is 15.8 Å². The van der Waals surface area contributed by atoms with Crippen molar-refractivity contribution in [3.8, 4) is 0 Å². The third kappa shape index (κ3) is 6.84. The molecule has 0 unspecified atom stereocenters. The van der Waals surface area contributed by atoms with Gasteiger partial charge in [0.15, 0.2) is 15.8 Å². The summed E-state index contributed by atoms with van der Waals surface area (Å²) in [6, 6.07) is 11.7.